The molecule has 2 saturated heterocycles. The number of hydrogen-bond donors (Lipinski definition) is 2. The van der Waals surface area contributed by atoms with E-state index in [9.17, 15) is 22.8 Å². The molecule has 45 heavy (non-hydrogen) atoms. The number of aromatic nitrogens is 2. The van der Waals surface area contributed by atoms with Gasteiger partial charge in [-0.1, -0.05) is 12.1 Å². The van der Waals surface area contributed by atoms with Crippen LogP contribution in [0.2, 0.25) is 0 Å². The van der Waals surface area contributed by atoms with Gasteiger partial charge in [0, 0.05) is 44.4 Å². The van der Waals surface area contributed by atoms with Crippen LogP contribution in [-0.2, 0) is 16.5 Å². The molecule has 2 N–H and O–H groups in total. The third kappa shape index (κ3) is 5.21. The van der Waals surface area contributed by atoms with Crippen LogP contribution in [0.25, 0.3) is 0 Å². The number of amides is 2. The Morgan fingerprint density at radius 1 is 1.16 bits per heavy atom. The number of anilines is 2. The molecule has 14 heteroatoms. The molecule has 1 spiro atoms. The van der Waals surface area contributed by atoms with Crippen LogP contribution in [0.4, 0.5) is 24.8 Å². The molecule has 3 fully saturated rings. The third-order valence-corrected chi connectivity index (χ3v) is 9.07. The van der Waals surface area contributed by atoms with Gasteiger partial charge in [0.25, 0.3) is 11.8 Å². The Labute approximate surface area is 256 Å². The highest BCUT2D eigenvalue weighted by molar-refractivity contribution is 6.03. The van der Waals surface area contributed by atoms with Crippen molar-refractivity contribution in [2.75, 3.05) is 39.2 Å². The zero-order chi connectivity index (χ0) is 31.5. The zero-order valence-electron chi connectivity index (χ0n) is 24.6. The molecule has 236 valence electrons. The fourth-order valence-corrected chi connectivity index (χ4v) is 6.46. The van der Waals surface area contributed by atoms with Crippen LogP contribution < -0.4 is 20.1 Å². The van der Waals surface area contributed by atoms with E-state index >= 15 is 0 Å². The summed E-state index contributed by atoms with van der Waals surface area (Å²) >= 11 is 0. The van der Waals surface area contributed by atoms with Gasteiger partial charge in [-0.05, 0) is 49.1 Å². The van der Waals surface area contributed by atoms with Crippen molar-refractivity contribution < 1.29 is 37.0 Å². The highest BCUT2D eigenvalue weighted by atomic mass is 19.4. The average molecular weight is 625 g/mol. The molecule has 1 aliphatic carbocycles. The Bertz CT molecular complexity index is 1680. The number of hydrogen-bond acceptors (Lipinski definition) is 9. The van der Waals surface area contributed by atoms with Crippen molar-refractivity contribution in [2.24, 2.45) is 0 Å². The minimum Gasteiger partial charge on any atom is -0.495 e. The number of piperidine rings is 1. The van der Waals surface area contributed by atoms with Crippen molar-refractivity contribution >= 4 is 23.5 Å². The Morgan fingerprint density at radius 3 is 2.73 bits per heavy atom. The molecule has 4 heterocycles. The van der Waals surface area contributed by atoms with E-state index in [2.05, 4.69) is 25.5 Å². The SMILES string of the molecule is COc1cc(C(=O)NC2CCN3CCOC3C2)ccc1Nc1ncc(C(F)(F)F)c(Oc2cccc3c2C(=O)N(C)C32CC2)n1. The average Bonchev–Trinajstić information content (AvgIpc) is 3.64. The lowest BCUT2D eigenvalue weighted by Crippen LogP contribution is -2.47. The number of carbonyl (C=O) groups excluding carboxylic acids is 2. The minimum atomic E-state index is -4.82. The van der Waals surface area contributed by atoms with Crippen molar-refractivity contribution in [3.63, 3.8) is 0 Å². The molecular formula is C31H31F3N6O5. The van der Waals surface area contributed by atoms with E-state index in [-0.39, 0.29) is 47.1 Å². The van der Waals surface area contributed by atoms with Gasteiger partial charge < -0.3 is 29.7 Å². The maximum Gasteiger partial charge on any atom is 0.423 e. The van der Waals surface area contributed by atoms with Gasteiger partial charge in [0.2, 0.25) is 11.8 Å². The number of benzene rings is 2. The Balaban J connectivity index is 1.12. The van der Waals surface area contributed by atoms with Crippen LogP contribution in [0.15, 0.2) is 42.6 Å². The number of alkyl halides is 3. The molecule has 2 atom stereocenters. The molecule has 3 aromatic rings. The highest BCUT2D eigenvalue weighted by Gasteiger charge is 2.57. The predicted octanol–water partition coefficient (Wildman–Crippen LogP) is 4.67. The van der Waals surface area contributed by atoms with Crippen LogP contribution in [0, 0.1) is 0 Å². The van der Waals surface area contributed by atoms with Crippen molar-refractivity contribution in [1.82, 2.24) is 25.1 Å². The molecule has 2 aromatic carbocycles. The topological polar surface area (TPSA) is 118 Å². The summed E-state index contributed by atoms with van der Waals surface area (Å²) in [6.45, 7) is 2.44. The predicted molar refractivity (Wildman–Crippen MR) is 155 cm³/mol. The third-order valence-electron chi connectivity index (χ3n) is 9.07. The van der Waals surface area contributed by atoms with Gasteiger partial charge in [-0.25, -0.2) is 4.98 Å². The molecular weight excluding hydrogens is 593 g/mol. The molecule has 3 aliphatic heterocycles. The fraction of sp³-hybridized carbons (Fsp3) is 0.419. The van der Waals surface area contributed by atoms with Gasteiger partial charge in [0.1, 0.15) is 23.3 Å². The zero-order valence-corrected chi connectivity index (χ0v) is 24.6. The van der Waals surface area contributed by atoms with E-state index in [1.807, 2.05) is 0 Å². The first-order chi connectivity index (χ1) is 21.6. The smallest absolute Gasteiger partial charge is 0.423 e. The van der Waals surface area contributed by atoms with Crippen LogP contribution in [0.1, 0.15) is 57.5 Å². The molecule has 4 aliphatic rings. The first-order valence-electron chi connectivity index (χ1n) is 14.7. The van der Waals surface area contributed by atoms with Crippen molar-refractivity contribution in [3.8, 4) is 17.4 Å². The van der Waals surface area contributed by atoms with E-state index in [0.717, 1.165) is 37.9 Å². The number of rotatable bonds is 7. The molecule has 1 aromatic heterocycles. The number of nitrogens with zero attached hydrogens (tertiary/aromatic N) is 4. The number of carbonyl (C=O) groups is 2. The van der Waals surface area contributed by atoms with Gasteiger partial charge in [0.15, 0.2) is 0 Å². The van der Waals surface area contributed by atoms with Crippen molar-refractivity contribution in [1.29, 1.82) is 0 Å². The quantitative estimate of drug-likeness (QED) is 0.387. The first-order valence-corrected chi connectivity index (χ1v) is 14.7. The lowest BCUT2D eigenvalue weighted by Gasteiger charge is -2.33. The van der Waals surface area contributed by atoms with E-state index in [0.29, 0.717) is 30.5 Å². The second-order valence-corrected chi connectivity index (χ2v) is 11.7. The van der Waals surface area contributed by atoms with Gasteiger partial charge in [-0.15, -0.1) is 0 Å². The monoisotopic (exact) mass is 624 g/mol. The summed E-state index contributed by atoms with van der Waals surface area (Å²) in [5.74, 6) is -1.31. The summed E-state index contributed by atoms with van der Waals surface area (Å²) in [5, 5.41) is 5.92. The van der Waals surface area contributed by atoms with Gasteiger partial charge in [-0.3, -0.25) is 14.5 Å². The van der Waals surface area contributed by atoms with Crippen molar-refractivity contribution in [2.45, 2.75) is 49.7 Å². The lowest BCUT2D eigenvalue weighted by atomic mass is 10.0. The summed E-state index contributed by atoms with van der Waals surface area (Å²) < 4.78 is 59.0. The standard InChI is InChI=1S/C31H31F3N6O5/c1-39-28(42)25-19(30(39)9-10-30)4-3-5-22(25)45-27-20(31(32,33)34)16-35-29(38-27)37-21-7-6-17(14-23(21)43-2)26(41)36-18-8-11-40-12-13-44-24(40)15-18/h3-7,14,16,18,24H,8-13,15H2,1-2H3,(H,36,41)(H,35,37,38). The Morgan fingerprint density at radius 2 is 1.98 bits per heavy atom. The van der Waals surface area contributed by atoms with Crippen LogP contribution in [0.3, 0.4) is 0 Å². The van der Waals surface area contributed by atoms with Gasteiger partial charge >= 0.3 is 6.18 Å². The largest absolute Gasteiger partial charge is 0.495 e. The van der Waals surface area contributed by atoms with Crippen LogP contribution >= 0.6 is 0 Å². The van der Waals surface area contributed by atoms with E-state index in [4.69, 9.17) is 14.2 Å². The molecule has 0 bridgehead atoms. The maximum atomic E-state index is 14.0. The Hall–Kier alpha value is -4.43. The molecule has 1 saturated carbocycles. The molecule has 2 amide bonds. The van der Waals surface area contributed by atoms with E-state index in [1.165, 1.54) is 19.2 Å². The summed E-state index contributed by atoms with van der Waals surface area (Å²) in [7, 11) is 3.09. The van der Waals surface area contributed by atoms with Gasteiger partial charge in [0.05, 0.1) is 30.5 Å². The van der Waals surface area contributed by atoms with Crippen molar-refractivity contribution in [3.05, 3.63) is 64.8 Å². The first kappa shape index (κ1) is 29.3. The minimum absolute atomic E-state index is 0.0126. The van der Waals surface area contributed by atoms with Crippen LogP contribution in [0.5, 0.6) is 17.4 Å². The van der Waals surface area contributed by atoms with Crippen LogP contribution in [-0.4, -0.2) is 77.7 Å². The summed E-state index contributed by atoms with van der Waals surface area (Å²) in [5.41, 5.74) is 0.0123. The number of methoxy groups -OCH3 is 1. The second kappa shape index (κ2) is 10.9. The number of fused-ring (bicyclic) bond motifs is 3. The number of nitrogens with one attached hydrogen (secondary N) is 2. The van der Waals surface area contributed by atoms with Gasteiger partial charge in [-0.2, -0.15) is 18.2 Å². The molecule has 7 rings (SSSR count). The maximum absolute atomic E-state index is 14.0. The molecule has 2 unspecified atom stereocenters. The lowest BCUT2D eigenvalue weighted by molar-refractivity contribution is -0.139. The highest BCUT2D eigenvalue weighted by Crippen LogP contribution is 2.57. The normalized spacial score (nSPS) is 21.8. The number of ether oxygens (including phenoxy) is 3. The second-order valence-electron chi connectivity index (χ2n) is 11.7. The fourth-order valence-electron chi connectivity index (χ4n) is 6.46. The summed E-state index contributed by atoms with van der Waals surface area (Å²) in [6.07, 6.45) is -1.11. The molecule has 11 nitrogen and oxygen atoms in total. The molecule has 0 radical (unpaired) electrons. The summed E-state index contributed by atoms with van der Waals surface area (Å²) in [4.78, 5) is 37.9. The Kier molecular flexibility index (Phi) is 7.08. The summed E-state index contributed by atoms with van der Waals surface area (Å²) in [6, 6.07) is 9.55. The van der Waals surface area contributed by atoms with E-state index < -0.39 is 23.2 Å². The number of halogens is 3. The van der Waals surface area contributed by atoms with E-state index in [1.54, 1.807) is 36.2 Å².